The maximum atomic E-state index is 13.9. The van der Waals surface area contributed by atoms with Crippen LogP contribution in [0, 0.1) is 0 Å². The van der Waals surface area contributed by atoms with Crippen LogP contribution in [0.25, 0.3) is 0 Å². The molecule has 2 aromatic heterocycles. The Bertz CT molecular complexity index is 1600. The maximum Gasteiger partial charge on any atom is 0.423 e. The summed E-state index contributed by atoms with van der Waals surface area (Å²) < 4.78 is 49.4. The maximum absolute atomic E-state index is 13.9. The fourth-order valence-corrected chi connectivity index (χ4v) is 5.11. The van der Waals surface area contributed by atoms with Gasteiger partial charge in [0.1, 0.15) is 17.9 Å². The zero-order valence-corrected chi connectivity index (χ0v) is 20.4. The first kappa shape index (κ1) is 24.6. The Morgan fingerprint density at radius 3 is 2.77 bits per heavy atom. The number of nitrogens with one attached hydrogen (secondary N) is 1. The highest BCUT2D eigenvalue weighted by atomic mass is 19.4. The minimum atomic E-state index is -4.87. The van der Waals surface area contributed by atoms with Crippen LogP contribution in [0.1, 0.15) is 38.8 Å². The highest BCUT2D eigenvalue weighted by molar-refractivity contribution is 5.94. The molecule has 1 atom stereocenters. The second-order valence-electron chi connectivity index (χ2n) is 9.31. The molecule has 0 saturated heterocycles. The summed E-state index contributed by atoms with van der Waals surface area (Å²) in [6.07, 6.45) is -2.23. The van der Waals surface area contributed by atoms with Crippen molar-refractivity contribution in [3.63, 3.8) is 0 Å². The molecule has 4 heterocycles. The Labute approximate surface area is 219 Å². The number of carbonyl (C=O) groups is 1. The van der Waals surface area contributed by atoms with Gasteiger partial charge in [-0.1, -0.05) is 35.5 Å². The molecule has 0 bridgehead atoms. The normalized spacial score (nSPS) is 16.6. The minimum Gasteiger partial charge on any atom is -0.491 e. The zero-order chi connectivity index (χ0) is 27.1. The number of nitrogens with zero attached hydrogens (tertiary/aromatic N) is 6. The van der Waals surface area contributed by atoms with Crippen molar-refractivity contribution in [2.75, 3.05) is 18.1 Å². The number of anilines is 1. The summed E-state index contributed by atoms with van der Waals surface area (Å²) in [5.74, 6) is 0.221. The Morgan fingerprint density at radius 1 is 1.08 bits per heavy atom. The van der Waals surface area contributed by atoms with Crippen LogP contribution in [-0.2, 0) is 25.8 Å². The summed E-state index contributed by atoms with van der Waals surface area (Å²) in [7, 11) is 0. The number of H-pyrrole nitrogens is 1. The number of benzene rings is 2. The summed E-state index contributed by atoms with van der Waals surface area (Å²) in [6, 6.07) is 13.3. The molecule has 1 N–H and O–H groups in total. The molecule has 0 spiro atoms. The van der Waals surface area contributed by atoms with Gasteiger partial charge in [0.05, 0.1) is 42.9 Å². The summed E-state index contributed by atoms with van der Waals surface area (Å²) in [4.78, 5) is 28.5. The fraction of sp³-hybridized carbons (Fsp3) is 0.269. The third kappa shape index (κ3) is 4.60. The van der Waals surface area contributed by atoms with E-state index >= 15 is 0 Å². The number of ether oxygens (including phenoxy) is 1. The van der Waals surface area contributed by atoms with Crippen LogP contribution in [0.4, 0.5) is 18.9 Å². The molecule has 10 nitrogen and oxygen atoms in total. The topological polar surface area (TPSA) is 109 Å². The number of halogens is 3. The Hall–Kier alpha value is -4.68. The van der Waals surface area contributed by atoms with Crippen LogP contribution in [0.5, 0.6) is 5.75 Å². The Morgan fingerprint density at radius 2 is 1.92 bits per heavy atom. The van der Waals surface area contributed by atoms with Crippen molar-refractivity contribution in [3.05, 3.63) is 99.2 Å². The number of aromatic amines is 1. The average Bonchev–Trinajstić information content (AvgIpc) is 3.55. The number of rotatable bonds is 5. The van der Waals surface area contributed by atoms with E-state index in [0.29, 0.717) is 30.9 Å². The van der Waals surface area contributed by atoms with E-state index in [2.05, 4.69) is 15.4 Å². The SMILES string of the molecule is O=C(c1cccc(OCC2c3ccccc3CN2c2cn[nH]c(=O)c2C(F)(F)F)c1)N1CCn2nncc2C1. The molecule has 13 heteroatoms. The van der Waals surface area contributed by atoms with E-state index in [1.54, 1.807) is 52.2 Å². The van der Waals surface area contributed by atoms with Crippen LogP contribution in [0.15, 0.2) is 65.7 Å². The van der Waals surface area contributed by atoms with Crippen LogP contribution in [0.2, 0.25) is 0 Å². The van der Waals surface area contributed by atoms with E-state index in [-0.39, 0.29) is 24.7 Å². The molecule has 0 fully saturated rings. The first-order valence-electron chi connectivity index (χ1n) is 12.2. The van der Waals surface area contributed by atoms with Crippen molar-refractivity contribution in [1.29, 1.82) is 0 Å². The van der Waals surface area contributed by atoms with Gasteiger partial charge in [-0.3, -0.25) is 9.59 Å². The van der Waals surface area contributed by atoms with E-state index < -0.39 is 23.3 Å². The third-order valence-corrected chi connectivity index (χ3v) is 6.97. The van der Waals surface area contributed by atoms with Crippen molar-refractivity contribution in [2.24, 2.45) is 0 Å². The summed E-state index contributed by atoms with van der Waals surface area (Å²) >= 11 is 0. The number of carbonyl (C=O) groups excluding carboxylic acids is 1. The van der Waals surface area contributed by atoms with Crippen molar-refractivity contribution in [2.45, 2.75) is 31.9 Å². The highest BCUT2D eigenvalue weighted by Crippen LogP contribution is 2.42. The molecule has 2 aliphatic heterocycles. The average molecular weight is 538 g/mol. The number of alkyl halides is 3. The summed E-state index contributed by atoms with van der Waals surface area (Å²) in [5.41, 5.74) is -0.0539. The van der Waals surface area contributed by atoms with Crippen molar-refractivity contribution in [3.8, 4) is 5.75 Å². The third-order valence-electron chi connectivity index (χ3n) is 6.97. The molecule has 0 saturated carbocycles. The molecular formula is C26H22F3N7O3. The quantitative estimate of drug-likeness (QED) is 0.417. The molecule has 6 rings (SSSR count). The lowest BCUT2D eigenvalue weighted by atomic mass is 10.1. The van der Waals surface area contributed by atoms with E-state index in [1.807, 2.05) is 17.2 Å². The molecule has 0 aliphatic carbocycles. The van der Waals surface area contributed by atoms with Crippen molar-refractivity contribution < 1.29 is 22.7 Å². The van der Waals surface area contributed by atoms with Gasteiger partial charge in [0.25, 0.3) is 11.5 Å². The lowest BCUT2D eigenvalue weighted by Crippen LogP contribution is -2.38. The van der Waals surface area contributed by atoms with Crippen LogP contribution in [-0.4, -0.2) is 49.1 Å². The number of hydrogen-bond donors (Lipinski definition) is 1. The first-order valence-corrected chi connectivity index (χ1v) is 12.2. The van der Waals surface area contributed by atoms with Gasteiger partial charge < -0.3 is 14.5 Å². The molecule has 2 aromatic carbocycles. The van der Waals surface area contributed by atoms with Crippen molar-refractivity contribution >= 4 is 11.6 Å². The molecule has 0 radical (unpaired) electrons. The predicted molar refractivity (Wildman–Crippen MR) is 132 cm³/mol. The van der Waals surface area contributed by atoms with Gasteiger partial charge in [0.2, 0.25) is 0 Å². The second-order valence-corrected chi connectivity index (χ2v) is 9.31. The van der Waals surface area contributed by atoms with Crippen LogP contribution in [0.3, 0.4) is 0 Å². The fourth-order valence-electron chi connectivity index (χ4n) is 5.11. The van der Waals surface area contributed by atoms with Gasteiger partial charge in [0.15, 0.2) is 0 Å². The van der Waals surface area contributed by atoms with Gasteiger partial charge in [-0.15, -0.1) is 5.10 Å². The first-order chi connectivity index (χ1) is 18.8. The van der Waals surface area contributed by atoms with E-state index in [9.17, 15) is 22.8 Å². The lowest BCUT2D eigenvalue weighted by Gasteiger charge is -2.29. The monoisotopic (exact) mass is 537 g/mol. The lowest BCUT2D eigenvalue weighted by molar-refractivity contribution is -0.138. The van der Waals surface area contributed by atoms with Gasteiger partial charge in [0, 0.05) is 18.7 Å². The summed E-state index contributed by atoms with van der Waals surface area (Å²) in [6.45, 7) is 1.55. The highest BCUT2D eigenvalue weighted by Gasteiger charge is 2.42. The number of fused-ring (bicyclic) bond motifs is 2. The van der Waals surface area contributed by atoms with Crippen molar-refractivity contribution in [1.82, 2.24) is 30.1 Å². The molecule has 1 unspecified atom stereocenters. The minimum absolute atomic E-state index is 0.0205. The Kier molecular flexibility index (Phi) is 6.04. The van der Waals surface area contributed by atoms with Gasteiger partial charge in [-0.25, -0.2) is 9.78 Å². The van der Waals surface area contributed by atoms with Gasteiger partial charge in [-0.2, -0.15) is 18.3 Å². The number of amides is 1. The number of hydrogen-bond acceptors (Lipinski definition) is 7. The predicted octanol–water partition coefficient (Wildman–Crippen LogP) is 3.18. The van der Waals surface area contributed by atoms with E-state index in [0.717, 1.165) is 23.0 Å². The standard InChI is InChI=1S/C26H22F3N7O3/c27-26(28,29)23-21(12-30-32-24(23)37)35-13-17-4-1-2-7-20(17)22(35)15-39-19-6-3-5-16(10-19)25(38)34-8-9-36-18(14-34)11-31-33-36/h1-7,10-12,22H,8-9,13-15H2,(H,32,37). The molecule has 1 amide bonds. The van der Waals surface area contributed by atoms with E-state index in [4.69, 9.17) is 4.74 Å². The van der Waals surface area contributed by atoms with Gasteiger partial charge in [-0.05, 0) is 29.3 Å². The molecular weight excluding hydrogens is 515 g/mol. The van der Waals surface area contributed by atoms with E-state index in [1.165, 1.54) is 4.90 Å². The second kappa shape index (κ2) is 9.57. The van der Waals surface area contributed by atoms with Crippen LogP contribution < -0.4 is 15.2 Å². The molecule has 4 aromatic rings. The zero-order valence-electron chi connectivity index (χ0n) is 20.4. The summed E-state index contributed by atoms with van der Waals surface area (Å²) in [5, 5.41) is 13.4. The molecule has 39 heavy (non-hydrogen) atoms. The largest absolute Gasteiger partial charge is 0.491 e. The number of aromatic nitrogens is 5. The smallest absolute Gasteiger partial charge is 0.423 e. The van der Waals surface area contributed by atoms with Gasteiger partial charge >= 0.3 is 6.18 Å². The molecule has 2 aliphatic rings. The Balaban J connectivity index is 1.25. The van der Waals surface area contributed by atoms with Crippen LogP contribution >= 0.6 is 0 Å². The molecule has 200 valence electrons.